The Morgan fingerprint density at radius 2 is 1.87 bits per heavy atom. The minimum Gasteiger partial charge on any atom is -0.493 e. The molecule has 6 heteroatoms. The van der Waals surface area contributed by atoms with Crippen LogP contribution in [0.5, 0.6) is 11.5 Å². The normalized spacial score (nSPS) is 11.1. The molecule has 0 saturated carbocycles. The highest BCUT2D eigenvalue weighted by Crippen LogP contribution is 2.35. The van der Waals surface area contributed by atoms with E-state index in [1.165, 1.54) is 13.2 Å². The van der Waals surface area contributed by atoms with E-state index in [1.54, 1.807) is 6.07 Å². The first-order valence-corrected chi connectivity index (χ1v) is 7.94. The Labute approximate surface area is 137 Å². The van der Waals surface area contributed by atoms with Gasteiger partial charge < -0.3 is 14.2 Å². The average Bonchev–Trinajstić information content (AvgIpc) is 2.48. The van der Waals surface area contributed by atoms with Gasteiger partial charge in [-0.2, -0.15) is 0 Å². The fourth-order valence-electron chi connectivity index (χ4n) is 2.08. The highest BCUT2D eigenvalue weighted by molar-refractivity contribution is 5.54. The van der Waals surface area contributed by atoms with E-state index < -0.39 is 4.92 Å². The number of nitro groups is 1. The first-order valence-electron chi connectivity index (χ1n) is 7.94. The molecule has 0 aliphatic heterocycles. The van der Waals surface area contributed by atoms with Gasteiger partial charge in [0.2, 0.25) is 0 Å². The van der Waals surface area contributed by atoms with E-state index in [4.69, 9.17) is 14.2 Å². The third-order valence-electron chi connectivity index (χ3n) is 3.32. The SMILES string of the molecule is COc1cc(COC(C)C)c([N+](=O)[O-])cc1OCCCC(C)C. The molecular formula is C17H27NO5. The van der Waals surface area contributed by atoms with Gasteiger partial charge in [-0.05, 0) is 38.7 Å². The average molecular weight is 325 g/mol. The summed E-state index contributed by atoms with van der Waals surface area (Å²) in [6.07, 6.45) is 1.94. The standard InChI is InChI=1S/C17H27NO5/c1-12(2)7-6-8-22-17-10-15(18(19)20)14(9-16(17)21-5)11-23-13(3)4/h9-10,12-13H,6-8,11H2,1-5H3. The Hall–Kier alpha value is -1.82. The molecule has 0 radical (unpaired) electrons. The third kappa shape index (κ3) is 6.44. The number of rotatable bonds is 10. The van der Waals surface area contributed by atoms with E-state index in [9.17, 15) is 10.1 Å². The van der Waals surface area contributed by atoms with E-state index >= 15 is 0 Å². The molecule has 0 aromatic heterocycles. The van der Waals surface area contributed by atoms with Crippen molar-refractivity contribution in [2.45, 2.75) is 53.2 Å². The van der Waals surface area contributed by atoms with Gasteiger partial charge >= 0.3 is 0 Å². The molecule has 0 N–H and O–H groups in total. The monoisotopic (exact) mass is 325 g/mol. The third-order valence-corrected chi connectivity index (χ3v) is 3.32. The summed E-state index contributed by atoms with van der Waals surface area (Å²) in [5.74, 6) is 1.49. The van der Waals surface area contributed by atoms with Crippen LogP contribution in [-0.2, 0) is 11.3 Å². The van der Waals surface area contributed by atoms with Crippen molar-refractivity contribution in [3.63, 3.8) is 0 Å². The van der Waals surface area contributed by atoms with Gasteiger partial charge in [-0.15, -0.1) is 0 Å². The Kier molecular flexibility index (Phi) is 7.81. The maximum Gasteiger partial charge on any atom is 0.278 e. The lowest BCUT2D eigenvalue weighted by Gasteiger charge is -2.14. The summed E-state index contributed by atoms with van der Waals surface area (Å²) < 4.78 is 16.5. The molecule has 1 aromatic rings. The maximum atomic E-state index is 11.3. The zero-order valence-corrected chi connectivity index (χ0v) is 14.6. The van der Waals surface area contributed by atoms with Crippen molar-refractivity contribution in [2.24, 2.45) is 5.92 Å². The Morgan fingerprint density at radius 1 is 1.17 bits per heavy atom. The van der Waals surface area contributed by atoms with E-state index in [1.807, 2.05) is 13.8 Å². The molecule has 1 rings (SSSR count). The minimum atomic E-state index is -0.417. The summed E-state index contributed by atoms with van der Waals surface area (Å²) in [5, 5.41) is 11.3. The highest BCUT2D eigenvalue weighted by Gasteiger charge is 2.20. The van der Waals surface area contributed by atoms with Gasteiger partial charge in [0.25, 0.3) is 5.69 Å². The molecule has 0 aliphatic carbocycles. The Bertz CT molecular complexity index is 514. The van der Waals surface area contributed by atoms with Crippen molar-refractivity contribution in [3.8, 4) is 11.5 Å². The molecule has 0 amide bonds. The first-order chi connectivity index (χ1) is 10.8. The van der Waals surface area contributed by atoms with E-state index in [0.717, 1.165) is 12.8 Å². The van der Waals surface area contributed by atoms with Crippen LogP contribution in [0.3, 0.4) is 0 Å². The van der Waals surface area contributed by atoms with Gasteiger partial charge in [-0.3, -0.25) is 10.1 Å². The molecule has 0 aliphatic rings. The Balaban J connectivity index is 2.93. The van der Waals surface area contributed by atoms with Crippen LogP contribution in [0.15, 0.2) is 12.1 Å². The van der Waals surface area contributed by atoms with Crippen molar-refractivity contribution < 1.29 is 19.1 Å². The van der Waals surface area contributed by atoms with Crippen LogP contribution < -0.4 is 9.47 Å². The van der Waals surface area contributed by atoms with E-state index in [2.05, 4.69) is 13.8 Å². The number of nitro benzene ring substituents is 1. The first kappa shape index (κ1) is 19.2. The van der Waals surface area contributed by atoms with Crippen LogP contribution in [0.2, 0.25) is 0 Å². The highest BCUT2D eigenvalue weighted by atomic mass is 16.6. The zero-order chi connectivity index (χ0) is 17.4. The van der Waals surface area contributed by atoms with Crippen molar-refractivity contribution in [1.29, 1.82) is 0 Å². The van der Waals surface area contributed by atoms with Crippen LogP contribution in [-0.4, -0.2) is 24.7 Å². The molecule has 0 bridgehead atoms. The Morgan fingerprint density at radius 3 is 2.39 bits per heavy atom. The molecule has 1 aromatic carbocycles. The second kappa shape index (κ2) is 9.35. The van der Waals surface area contributed by atoms with Gasteiger partial charge in [0.15, 0.2) is 11.5 Å². The molecule has 0 spiro atoms. The summed E-state index contributed by atoms with van der Waals surface area (Å²) in [4.78, 5) is 10.9. The largest absolute Gasteiger partial charge is 0.493 e. The van der Waals surface area contributed by atoms with Gasteiger partial charge in [0.1, 0.15) is 0 Å². The predicted octanol–water partition coefficient (Wildman–Crippen LogP) is 4.34. The zero-order valence-electron chi connectivity index (χ0n) is 14.6. The second-order valence-corrected chi connectivity index (χ2v) is 6.13. The van der Waals surface area contributed by atoms with Crippen molar-refractivity contribution in [2.75, 3.05) is 13.7 Å². The number of benzene rings is 1. The lowest BCUT2D eigenvalue weighted by atomic mass is 10.1. The number of methoxy groups -OCH3 is 1. The van der Waals surface area contributed by atoms with E-state index in [-0.39, 0.29) is 18.4 Å². The quantitative estimate of drug-likeness (QED) is 0.363. The van der Waals surface area contributed by atoms with Crippen LogP contribution in [0.1, 0.15) is 46.1 Å². The number of nitrogens with zero attached hydrogens (tertiary/aromatic N) is 1. The molecule has 6 nitrogen and oxygen atoms in total. The van der Waals surface area contributed by atoms with Gasteiger partial charge in [-0.25, -0.2) is 0 Å². The topological polar surface area (TPSA) is 70.8 Å². The van der Waals surface area contributed by atoms with Gasteiger partial charge in [0, 0.05) is 0 Å². The minimum absolute atomic E-state index is 0.00689. The smallest absolute Gasteiger partial charge is 0.278 e. The molecule has 0 atom stereocenters. The second-order valence-electron chi connectivity index (χ2n) is 6.13. The van der Waals surface area contributed by atoms with Crippen LogP contribution in [0.25, 0.3) is 0 Å². The molecule has 0 saturated heterocycles. The lowest BCUT2D eigenvalue weighted by Crippen LogP contribution is -2.07. The van der Waals surface area contributed by atoms with E-state index in [0.29, 0.717) is 29.6 Å². The molecule has 130 valence electrons. The number of ether oxygens (including phenoxy) is 3. The fourth-order valence-corrected chi connectivity index (χ4v) is 2.08. The van der Waals surface area contributed by atoms with Crippen LogP contribution in [0.4, 0.5) is 5.69 Å². The molecule has 0 heterocycles. The molecule has 23 heavy (non-hydrogen) atoms. The van der Waals surface area contributed by atoms with Gasteiger partial charge in [0.05, 0.1) is 43.0 Å². The maximum absolute atomic E-state index is 11.3. The summed E-state index contributed by atoms with van der Waals surface area (Å²) in [7, 11) is 1.52. The summed E-state index contributed by atoms with van der Waals surface area (Å²) in [6, 6.07) is 3.05. The van der Waals surface area contributed by atoms with Gasteiger partial charge in [-0.1, -0.05) is 13.8 Å². The fraction of sp³-hybridized carbons (Fsp3) is 0.647. The van der Waals surface area contributed by atoms with Crippen molar-refractivity contribution in [3.05, 3.63) is 27.8 Å². The van der Waals surface area contributed by atoms with Crippen molar-refractivity contribution >= 4 is 5.69 Å². The summed E-state index contributed by atoms with van der Waals surface area (Å²) in [5.41, 5.74) is 0.473. The van der Waals surface area contributed by atoms with Crippen LogP contribution in [0, 0.1) is 16.0 Å². The lowest BCUT2D eigenvalue weighted by molar-refractivity contribution is -0.386. The molecule has 0 unspecified atom stereocenters. The van der Waals surface area contributed by atoms with Crippen molar-refractivity contribution in [1.82, 2.24) is 0 Å². The molecular weight excluding hydrogens is 298 g/mol. The van der Waals surface area contributed by atoms with Crippen LogP contribution >= 0.6 is 0 Å². The molecule has 0 fully saturated rings. The predicted molar refractivity (Wildman–Crippen MR) is 89.1 cm³/mol. The number of hydrogen-bond donors (Lipinski definition) is 0. The number of hydrogen-bond acceptors (Lipinski definition) is 5. The summed E-state index contributed by atoms with van der Waals surface area (Å²) >= 11 is 0. The summed E-state index contributed by atoms with van der Waals surface area (Å²) in [6.45, 7) is 8.74.